The lowest BCUT2D eigenvalue weighted by Crippen LogP contribution is -2.70. The van der Waals surface area contributed by atoms with Crippen molar-refractivity contribution >= 4 is 29.9 Å². The highest BCUT2D eigenvalue weighted by Crippen LogP contribution is 2.32. The first kappa shape index (κ1) is 26.7. The minimum atomic E-state index is -1.39. The Balaban J connectivity index is 1.55. The third-order valence-electron chi connectivity index (χ3n) is 7.00. The van der Waals surface area contributed by atoms with Crippen LogP contribution >= 0.6 is 0 Å². The van der Waals surface area contributed by atoms with Gasteiger partial charge in [0.25, 0.3) is 0 Å². The van der Waals surface area contributed by atoms with Crippen molar-refractivity contribution in [1.29, 1.82) is 0 Å². The Labute approximate surface area is 205 Å². The molecule has 3 fully saturated rings. The molecule has 0 radical (unpaired) electrons. The maximum Gasteiger partial charge on any atom is 0.410 e. The molecule has 0 aromatic heterocycles. The van der Waals surface area contributed by atoms with Crippen LogP contribution < -0.4 is 5.73 Å². The molecule has 3 N–H and O–H groups in total. The molecule has 3 aliphatic heterocycles. The SMILES string of the molecule is CC(C)C(OC(=O)N1CCN(C(=O)N2C(=O)[C@H](CC(=O)N3CC[C@@H](N)C3)[C@H]2C(=O)O)CC1)C(C)C. The van der Waals surface area contributed by atoms with Crippen molar-refractivity contribution in [1.82, 2.24) is 19.6 Å². The number of nitrogens with zero attached hydrogens (tertiary/aromatic N) is 4. The van der Waals surface area contributed by atoms with Crippen LogP contribution in [0.3, 0.4) is 0 Å². The third kappa shape index (κ3) is 5.68. The molecule has 0 aromatic rings. The molecular formula is C23H37N5O7. The summed E-state index contributed by atoms with van der Waals surface area (Å²) in [5.41, 5.74) is 5.82. The number of nitrogens with two attached hydrogens (primary N) is 1. The number of β-lactam (4-membered cyclic amide) rings is 1. The van der Waals surface area contributed by atoms with Gasteiger partial charge in [-0.15, -0.1) is 0 Å². The summed E-state index contributed by atoms with van der Waals surface area (Å²) in [6.07, 6.45) is -0.285. The lowest BCUT2D eigenvalue weighted by molar-refractivity contribution is -0.168. The Bertz CT molecular complexity index is 847. The molecule has 0 aliphatic carbocycles. The summed E-state index contributed by atoms with van der Waals surface area (Å²) in [6, 6.07) is -2.23. The van der Waals surface area contributed by atoms with Gasteiger partial charge in [-0.25, -0.2) is 19.3 Å². The average molecular weight is 496 g/mol. The van der Waals surface area contributed by atoms with Gasteiger partial charge in [-0.2, -0.15) is 0 Å². The number of hydrogen-bond donors (Lipinski definition) is 2. The van der Waals surface area contributed by atoms with Gasteiger partial charge in [-0.3, -0.25) is 9.59 Å². The van der Waals surface area contributed by atoms with Crippen LogP contribution in [0, 0.1) is 17.8 Å². The van der Waals surface area contributed by atoms with Gasteiger partial charge in [-0.05, 0) is 18.3 Å². The molecule has 0 bridgehead atoms. The van der Waals surface area contributed by atoms with E-state index in [1.807, 2.05) is 27.7 Å². The summed E-state index contributed by atoms with van der Waals surface area (Å²) in [5, 5.41) is 9.67. The van der Waals surface area contributed by atoms with Crippen molar-refractivity contribution in [3.8, 4) is 0 Å². The number of hydrogen-bond acceptors (Lipinski definition) is 7. The number of aliphatic carboxylic acids is 1. The molecule has 3 heterocycles. The van der Waals surface area contributed by atoms with Gasteiger partial charge in [0.2, 0.25) is 11.8 Å². The Morgan fingerprint density at radius 1 is 0.971 bits per heavy atom. The monoisotopic (exact) mass is 495 g/mol. The molecule has 0 unspecified atom stereocenters. The zero-order valence-corrected chi connectivity index (χ0v) is 20.9. The van der Waals surface area contributed by atoms with E-state index in [1.54, 1.807) is 0 Å². The largest absolute Gasteiger partial charge is 0.480 e. The van der Waals surface area contributed by atoms with Crippen LogP contribution in [0.15, 0.2) is 0 Å². The van der Waals surface area contributed by atoms with Gasteiger partial charge in [-0.1, -0.05) is 27.7 Å². The normalized spacial score (nSPS) is 24.9. The molecule has 12 nitrogen and oxygen atoms in total. The van der Waals surface area contributed by atoms with Gasteiger partial charge in [0.05, 0.1) is 5.92 Å². The number of likely N-dealkylation sites (tertiary alicyclic amines) is 2. The second-order valence-corrected chi connectivity index (χ2v) is 10.3. The molecule has 3 aliphatic rings. The highest BCUT2D eigenvalue weighted by atomic mass is 16.6. The fraction of sp³-hybridized carbons (Fsp3) is 0.783. The molecule has 3 rings (SSSR count). The smallest absolute Gasteiger partial charge is 0.410 e. The lowest BCUT2D eigenvalue weighted by atomic mass is 9.84. The molecule has 0 aromatic carbocycles. The maximum absolute atomic E-state index is 13.0. The summed E-state index contributed by atoms with van der Waals surface area (Å²) in [7, 11) is 0. The number of urea groups is 1. The van der Waals surface area contributed by atoms with Gasteiger partial charge >= 0.3 is 18.1 Å². The van der Waals surface area contributed by atoms with E-state index in [0.29, 0.717) is 19.5 Å². The van der Waals surface area contributed by atoms with E-state index >= 15 is 0 Å². The van der Waals surface area contributed by atoms with Gasteiger partial charge in [0, 0.05) is 51.7 Å². The topological polar surface area (TPSA) is 154 Å². The van der Waals surface area contributed by atoms with Crippen LogP contribution in [0.4, 0.5) is 9.59 Å². The van der Waals surface area contributed by atoms with Gasteiger partial charge < -0.3 is 30.3 Å². The van der Waals surface area contributed by atoms with Crippen molar-refractivity contribution in [2.24, 2.45) is 23.5 Å². The number of piperazine rings is 1. The number of ether oxygens (including phenoxy) is 1. The molecule has 196 valence electrons. The number of carbonyl (C=O) groups is 5. The van der Waals surface area contributed by atoms with E-state index in [9.17, 15) is 29.1 Å². The first-order valence-electron chi connectivity index (χ1n) is 12.3. The van der Waals surface area contributed by atoms with Gasteiger partial charge in [0.1, 0.15) is 6.10 Å². The van der Waals surface area contributed by atoms with Crippen LogP contribution in [0.5, 0.6) is 0 Å². The van der Waals surface area contributed by atoms with Crippen molar-refractivity contribution in [2.75, 3.05) is 39.3 Å². The van der Waals surface area contributed by atoms with E-state index in [4.69, 9.17) is 10.5 Å². The number of rotatable bonds is 6. The number of imide groups is 1. The summed E-state index contributed by atoms with van der Waals surface area (Å²) in [4.78, 5) is 67.8. The third-order valence-corrected chi connectivity index (χ3v) is 7.00. The van der Waals surface area contributed by atoms with E-state index in [1.165, 1.54) is 14.7 Å². The maximum atomic E-state index is 13.0. The number of carboxylic acids is 1. The van der Waals surface area contributed by atoms with Crippen LogP contribution in [-0.4, -0.2) is 112 Å². The zero-order chi connectivity index (χ0) is 26.0. The van der Waals surface area contributed by atoms with E-state index in [0.717, 1.165) is 4.90 Å². The summed E-state index contributed by atoms with van der Waals surface area (Å²) < 4.78 is 5.65. The summed E-state index contributed by atoms with van der Waals surface area (Å²) in [6.45, 7) is 9.51. The average Bonchev–Trinajstić information content (AvgIpc) is 3.24. The Morgan fingerprint density at radius 2 is 1.54 bits per heavy atom. The second kappa shape index (κ2) is 10.8. The number of carbonyl (C=O) groups excluding carboxylic acids is 4. The summed E-state index contributed by atoms with van der Waals surface area (Å²) in [5.74, 6) is -3.09. The van der Waals surface area contributed by atoms with Crippen molar-refractivity contribution < 1.29 is 33.8 Å². The van der Waals surface area contributed by atoms with Crippen molar-refractivity contribution in [3.63, 3.8) is 0 Å². The molecule has 12 heteroatoms. The minimum Gasteiger partial charge on any atom is -0.480 e. The minimum absolute atomic E-state index is 0.123. The highest BCUT2D eigenvalue weighted by molar-refractivity contribution is 6.08. The number of amides is 5. The van der Waals surface area contributed by atoms with Crippen molar-refractivity contribution in [2.45, 2.75) is 58.7 Å². The quantitative estimate of drug-likeness (QED) is 0.502. The molecule has 5 amide bonds. The van der Waals surface area contributed by atoms with Crippen molar-refractivity contribution in [3.05, 3.63) is 0 Å². The Morgan fingerprint density at radius 3 is 2.03 bits per heavy atom. The molecular weight excluding hydrogens is 458 g/mol. The van der Waals surface area contributed by atoms with Crippen LogP contribution in [0.1, 0.15) is 40.5 Å². The molecule has 0 spiro atoms. The van der Waals surface area contributed by atoms with Crippen LogP contribution in [0.2, 0.25) is 0 Å². The second-order valence-electron chi connectivity index (χ2n) is 10.3. The standard InChI is InChI=1S/C23H37N5O7/c1-13(2)19(14(3)4)35-23(34)26-9-7-25(8-10-26)22(33)28-18(21(31)32)16(20(28)30)11-17(29)27-6-5-15(24)12-27/h13-16,18-19H,5-12,24H2,1-4H3,(H,31,32)/t15-,16-,18+/m1/s1. The first-order valence-corrected chi connectivity index (χ1v) is 12.3. The fourth-order valence-electron chi connectivity index (χ4n) is 5.04. The summed E-state index contributed by atoms with van der Waals surface area (Å²) >= 11 is 0. The lowest BCUT2D eigenvalue weighted by Gasteiger charge is -2.46. The molecule has 0 saturated carbocycles. The first-order chi connectivity index (χ1) is 16.4. The molecule has 3 atom stereocenters. The Hall–Kier alpha value is -2.89. The fourth-order valence-corrected chi connectivity index (χ4v) is 5.04. The van der Waals surface area contributed by atoms with Crippen LogP contribution in [-0.2, 0) is 19.1 Å². The molecule has 3 saturated heterocycles. The van der Waals surface area contributed by atoms with Crippen LogP contribution in [0.25, 0.3) is 0 Å². The predicted octanol–water partition coefficient (Wildman–Crippen LogP) is 0.403. The molecule has 35 heavy (non-hydrogen) atoms. The van der Waals surface area contributed by atoms with E-state index in [2.05, 4.69) is 0 Å². The van der Waals surface area contributed by atoms with E-state index in [-0.39, 0.29) is 62.5 Å². The Kier molecular flexibility index (Phi) is 8.24. The van der Waals surface area contributed by atoms with E-state index < -0.39 is 36.0 Å². The number of carboxylic acid groups (broad SMARTS) is 1. The highest BCUT2D eigenvalue weighted by Gasteiger charge is 2.56. The predicted molar refractivity (Wildman–Crippen MR) is 124 cm³/mol. The zero-order valence-electron chi connectivity index (χ0n) is 20.9. The van der Waals surface area contributed by atoms with Gasteiger partial charge in [0.15, 0.2) is 6.04 Å².